The molecule has 0 bridgehead atoms. The van der Waals surface area contributed by atoms with Crippen molar-refractivity contribution in [2.75, 3.05) is 17.9 Å². The second-order valence-corrected chi connectivity index (χ2v) is 10.8. The van der Waals surface area contributed by atoms with Crippen LogP contribution >= 0.6 is 0 Å². The molecule has 0 saturated heterocycles. The molecule has 5 aromatic rings. The lowest BCUT2D eigenvalue weighted by Crippen LogP contribution is -2.22. The Morgan fingerprint density at radius 1 is 0.897 bits per heavy atom. The average Bonchev–Trinajstić information content (AvgIpc) is 2.93. The summed E-state index contributed by atoms with van der Waals surface area (Å²) in [5, 5.41) is 9.63. The summed E-state index contributed by atoms with van der Waals surface area (Å²) in [5.41, 5.74) is 3.63. The summed E-state index contributed by atoms with van der Waals surface area (Å²) in [7, 11) is -3.76. The highest BCUT2D eigenvalue weighted by Gasteiger charge is 2.18. The third kappa shape index (κ3) is 5.27. The normalized spacial score (nSPS) is 11.5. The van der Waals surface area contributed by atoms with E-state index in [2.05, 4.69) is 4.72 Å². The van der Waals surface area contributed by atoms with E-state index in [1.165, 1.54) is 16.7 Å². The van der Waals surface area contributed by atoms with Gasteiger partial charge in [0.15, 0.2) is 0 Å². The van der Waals surface area contributed by atoms with E-state index in [1.807, 2.05) is 32.0 Å². The van der Waals surface area contributed by atoms with E-state index in [9.17, 15) is 13.2 Å². The number of fused-ring (bicyclic) bond motifs is 1. The smallest absolute Gasteiger partial charge is 0.266 e. The molecule has 0 radical (unpaired) electrons. The zero-order valence-electron chi connectivity index (χ0n) is 21.5. The zero-order chi connectivity index (χ0) is 27.6. The van der Waals surface area contributed by atoms with Crippen molar-refractivity contribution in [1.29, 1.82) is 0 Å². The number of aromatic nitrogens is 2. The van der Waals surface area contributed by atoms with Gasteiger partial charge in [-0.1, -0.05) is 30.3 Å². The number of sulfonamides is 1. The number of hydrogen-bond acceptors (Lipinski definition) is 6. The molecule has 0 atom stereocenters. The molecule has 0 spiro atoms. The molecule has 0 unspecified atom stereocenters. The van der Waals surface area contributed by atoms with Crippen LogP contribution in [-0.4, -0.2) is 36.3 Å². The number of aryl methyl sites for hydroxylation is 2. The fourth-order valence-electron chi connectivity index (χ4n) is 4.51. The standard InChI is InChI=1S/C30H27N3O5S/c1-20-18-22(19-21(2)28(20)38-17-16-34)29-31-27-11-7-6-10-26(27)30(35)33(29)24-14-12-23(13-15-24)32-39(36,37)25-8-4-3-5-9-25/h3-15,18-19,32,34H,16-17H2,1-2H3. The molecule has 5 rings (SSSR count). The van der Waals surface area contributed by atoms with Crippen LogP contribution in [-0.2, 0) is 10.0 Å². The van der Waals surface area contributed by atoms with Crippen LogP contribution in [0.4, 0.5) is 5.69 Å². The van der Waals surface area contributed by atoms with Crippen molar-refractivity contribution in [3.63, 3.8) is 0 Å². The molecule has 1 aromatic heterocycles. The van der Waals surface area contributed by atoms with Crippen molar-refractivity contribution < 1.29 is 18.3 Å². The van der Waals surface area contributed by atoms with Crippen molar-refractivity contribution >= 4 is 26.6 Å². The van der Waals surface area contributed by atoms with Gasteiger partial charge in [0.2, 0.25) is 0 Å². The van der Waals surface area contributed by atoms with Gasteiger partial charge in [-0.05, 0) is 85.6 Å². The number of benzene rings is 4. The van der Waals surface area contributed by atoms with E-state index in [1.54, 1.807) is 60.7 Å². The highest BCUT2D eigenvalue weighted by Crippen LogP contribution is 2.31. The summed E-state index contributed by atoms with van der Waals surface area (Å²) in [6.07, 6.45) is 0. The minimum absolute atomic E-state index is 0.0933. The maximum atomic E-state index is 13.8. The van der Waals surface area contributed by atoms with Gasteiger partial charge in [-0.15, -0.1) is 0 Å². The predicted molar refractivity (Wildman–Crippen MR) is 152 cm³/mol. The van der Waals surface area contributed by atoms with Crippen LogP contribution < -0.4 is 15.0 Å². The Balaban J connectivity index is 1.61. The molecule has 0 aliphatic rings. The highest BCUT2D eigenvalue weighted by molar-refractivity contribution is 7.92. The van der Waals surface area contributed by atoms with E-state index in [0.717, 1.165) is 16.7 Å². The lowest BCUT2D eigenvalue weighted by atomic mass is 10.0. The summed E-state index contributed by atoms with van der Waals surface area (Å²) in [6.45, 7) is 3.89. The number of rotatable bonds is 8. The summed E-state index contributed by atoms with van der Waals surface area (Å²) >= 11 is 0. The first kappa shape index (κ1) is 26.1. The fraction of sp³-hybridized carbons (Fsp3) is 0.133. The van der Waals surface area contributed by atoms with Gasteiger partial charge in [0, 0.05) is 11.3 Å². The van der Waals surface area contributed by atoms with Gasteiger partial charge in [-0.25, -0.2) is 13.4 Å². The Bertz CT molecular complexity index is 1790. The number of nitrogens with one attached hydrogen (secondary N) is 1. The Morgan fingerprint density at radius 3 is 2.21 bits per heavy atom. The summed E-state index contributed by atoms with van der Waals surface area (Å²) in [6, 6.07) is 25.7. The Morgan fingerprint density at radius 2 is 1.54 bits per heavy atom. The van der Waals surface area contributed by atoms with E-state index in [4.69, 9.17) is 14.8 Å². The highest BCUT2D eigenvalue weighted by atomic mass is 32.2. The molecule has 0 aliphatic heterocycles. The van der Waals surface area contributed by atoms with Gasteiger partial charge in [0.05, 0.1) is 28.1 Å². The SMILES string of the molecule is Cc1cc(-c2nc3ccccc3c(=O)n2-c2ccc(NS(=O)(=O)c3ccccc3)cc2)cc(C)c1OCCO. The van der Waals surface area contributed by atoms with Crippen LogP contribution in [0.3, 0.4) is 0 Å². The first-order valence-corrected chi connectivity index (χ1v) is 13.8. The second-order valence-electron chi connectivity index (χ2n) is 9.07. The van der Waals surface area contributed by atoms with Gasteiger partial charge in [0.1, 0.15) is 18.2 Å². The number of anilines is 1. The number of aliphatic hydroxyl groups excluding tert-OH is 1. The molecule has 0 fully saturated rings. The molecule has 39 heavy (non-hydrogen) atoms. The van der Waals surface area contributed by atoms with Crippen molar-refractivity contribution in [1.82, 2.24) is 9.55 Å². The summed E-state index contributed by atoms with van der Waals surface area (Å²) in [5.74, 6) is 1.12. The Labute approximate surface area is 226 Å². The van der Waals surface area contributed by atoms with Crippen LogP contribution in [0.25, 0.3) is 28.0 Å². The van der Waals surface area contributed by atoms with Crippen molar-refractivity contribution in [3.05, 3.63) is 112 Å². The van der Waals surface area contributed by atoms with Crippen molar-refractivity contribution in [2.45, 2.75) is 18.7 Å². The molecule has 0 aliphatic carbocycles. The molecule has 1 heterocycles. The number of ether oxygens (including phenoxy) is 1. The maximum Gasteiger partial charge on any atom is 0.266 e. The zero-order valence-corrected chi connectivity index (χ0v) is 22.3. The van der Waals surface area contributed by atoms with Crippen LogP contribution in [0.2, 0.25) is 0 Å². The molecule has 9 heteroatoms. The number of aliphatic hydroxyl groups is 1. The van der Waals surface area contributed by atoms with E-state index in [-0.39, 0.29) is 23.7 Å². The van der Waals surface area contributed by atoms with Gasteiger partial charge in [0.25, 0.3) is 15.6 Å². The van der Waals surface area contributed by atoms with E-state index >= 15 is 0 Å². The van der Waals surface area contributed by atoms with Crippen LogP contribution in [0, 0.1) is 13.8 Å². The molecular formula is C30H27N3O5S. The molecule has 0 saturated carbocycles. The predicted octanol–water partition coefficient (Wildman–Crippen LogP) is 4.84. The third-order valence-electron chi connectivity index (χ3n) is 6.26. The largest absolute Gasteiger partial charge is 0.491 e. The summed E-state index contributed by atoms with van der Waals surface area (Å²) in [4.78, 5) is 18.8. The average molecular weight is 542 g/mol. The second kappa shape index (κ2) is 10.7. The van der Waals surface area contributed by atoms with Gasteiger partial charge in [-0.2, -0.15) is 0 Å². The van der Waals surface area contributed by atoms with E-state index < -0.39 is 10.0 Å². The molecule has 2 N–H and O–H groups in total. The molecular weight excluding hydrogens is 514 g/mol. The van der Waals surface area contributed by atoms with Gasteiger partial charge >= 0.3 is 0 Å². The van der Waals surface area contributed by atoms with Crippen molar-refractivity contribution in [3.8, 4) is 22.8 Å². The lowest BCUT2D eigenvalue weighted by molar-refractivity contribution is 0.200. The molecule has 8 nitrogen and oxygen atoms in total. The topological polar surface area (TPSA) is 111 Å². The molecule has 0 amide bonds. The van der Waals surface area contributed by atoms with Crippen LogP contribution in [0.1, 0.15) is 11.1 Å². The first-order chi connectivity index (χ1) is 18.8. The maximum absolute atomic E-state index is 13.8. The van der Waals surface area contributed by atoms with Gasteiger partial charge < -0.3 is 9.84 Å². The molecule has 198 valence electrons. The quantitative estimate of drug-likeness (QED) is 0.291. The van der Waals surface area contributed by atoms with Gasteiger partial charge in [-0.3, -0.25) is 14.1 Å². The van der Waals surface area contributed by atoms with Crippen molar-refractivity contribution in [2.24, 2.45) is 0 Å². The van der Waals surface area contributed by atoms with Crippen LogP contribution in [0.5, 0.6) is 5.75 Å². The Hall–Kier alpha value is -4.47. The monoisotopic (exact) mass is 541 g/mol. The lowest BCUT2D eigenvalue weighted by Gasteiger charge is -2.17. The minimum atomic E-state index is -3.76. The fourth-order valence-corrected chi connectivity index (χ4v) is 5.59. The van der Waals surface area contributed by atoms with Crippen LogP contribution in [0.15, 0.2) is 101 Å². The number of hydrogen-bond donors (Lipinski definition) is 2. The summed E-state index contributed by atoms with van der Waals surface area (Å²) < 4.78 is 35.3. The number of para-hydroxylation sites is 1. The Kier molecular flexibility index (Phi) is 7.19. The van der Waals surface area contributed by atoms with E-state index in [0.29, 0.717) is 33.9 Å². The first-order valence-electron chi connectivity index (χ1n) is 12.3. The molecule has 4 aromatic carbocycles. The number of nitrogens with zero attached hydrogens (tertiary/aromatic N) is 2. The minimum Gasteiger partial charge on any atom is -0.491 e. The third-order valence-corrected chi connectivity index (χ3v) is 7.66.